The van der Waals surface area contributed by atoms with Crippen molar-refractivity contribution in [2.24, 2.45) is 5.73 Å². The van der Waals surface area contributed by atoms with Gasteiger partial charge in [0.1, 0.15) is 5.01 Å². The van der Waals surface area contributed by atoms with Crippen molar-refractivity contribution in [1.29, 1.82) is 0 Å². The van der Waals surface area contributed by atoms with Gasteiger partial charge in [0.15, 0.2) is 0 Å². The summed E-state index contributed by atoms with van der Waals surface area (Å²) in [6, 6.07) is -0.393. The Labute approximate surface area is 100 Å². The maximum absolute atomic E-state index is 11.5. The van der Waals surface area contributed by atoms with E-state index in [4.69, 9.17) is 5.73 Å². The van der Waals surface area contributed by atoms with Gasteiger partial charge >= 0.3 is 0 Å². The van der Waals surface area contributed by atoms with Crippen molar-refractivity contribution in [1.82, 2.24) is 10.3 Å². The van der Waals surface area contributed by atoms with Crippen molar-refractivity contribution >= 4 is 17.2 Å². The second kappa shape index (κ2) is 6.60. The number of carbonyl (C=O) groups excluding carboxylic acids is 1. The molecule has 0 aliphatic carbocycles. The van der Waals surface area contributed by atoms with E-state index in [1.807, 2.05) is 13.1 Å². The Hall–Kier alpha value is -0.940. The second-order valence-electron chi connectivity index (χ2n) is 3.69. The van der Waals surface area contributed by atoms with E-state index in [0.717, 1.165) is 24.3 Å². The van der Waals surface area contributed by atoms with Crippen LogP contribution in [0.1, 0.15) is 36.6 Å². The SMILES string of the molecule is CCCC(N)C(=O)NCc1ncc(CC)s1. The molecule has 0 bridgehead atoms. The van der Waals surface area contributed by atoms with Gasteiger partial charge in [-0.05, 0) is 12.8 Å². The molecule has 3 N–H and O–H groups in total. The fourth-order valence-corrected chi connectivity index (χ4v) is 2.13. The molecule has 1 heterocycles. The predicted molar refractivity (Wildman–Crippen MR) is 66.2 cm³/mol. The first-order valence-electron chi connectivity index (χ1n) is 5.64. The molecule has 0 aliphatic rings. The number of nitrogens with zero attached hydrogens (tertiary/aromatic N) is 1. The predicted octanol–water partition coefficient (Wildman–Crippen LogP) is 1.45. The molecule has 1 amide bonds. The Bertz CT molecular complexity index is 338. The summed E-state index contributed by atoms with van der Waals surface area (Å²) < 4.78 is 0. The first-order chi connectivity index (χ1) is 7.67. The van der Waals surface area contributed by atoms with Crippen LogP contribution in [0, 0.1) is 0 Å². The van der Waals surface area contributed by atoms with Gasteiger partial charge in [0.2, 0.25) is 5.91 Å². The van der Waals surface area contributed by atoms with Gasteiger partial charge in [-0.25, -0.2) is 4.98 Å². The molecule has 0 spiro atoms. The van der Waals surface area contributed by atoms with E-state index in [2.05, 4.69) is 17.2 Å². The first-order valence-corrected chi connectivity index (χ1v) is 6.45. The van der Waals surface area contributed by atoms with Gasteiger partial charge in [0.05, 0.1) is 12.6 Å². The third kappa shape index (κ3) is 3.90. The van der Waals surface area contributed by atoms with E-state index in [9.17, 15) is 4.79 Å². The molecule has 0 aromatic carbocycles. The lowest BCUT2D eigenvalue weighted by Crippen LogP contribution is -2.40. The summed E-state index contributed by atoms with van der Waals surface area (Å²) in [5.41, 5.74) is 5.69. The molecule has 1 unspecified atom stereocenters. The van der Waals surface area contributed by atoms with Crippen molar-refractivity contribution in [2.75, 3.05) is 0 Å². The lowest BCUT2D eigenvalue weighted by Gasteiger charge is -2.09. The molecular weight excluding hydrogens is 222 g/mol. The number of aromatic nitrogens is 1. The number of nitrogens with two attached hydrogens (primary N) is 1. The molecule has 90 valence electrons. The van der Waals surface area contributed by atoms with Crippen molar-refractivity contribution < 1.29 is 4.79 Å². The van der Waals surface area contributed by atoms with Gasteiger partial charge < -0.3 is 11.1 Å². The molecule has 1 aromatic heterocycles. The fourth-order valence-electron chi connectivity index (χ4n) is 1.33. The zero-order valence-corrected chi connectivity index (χ0v) is 10.6. The van der Waals surface area contributed by atoms with Crippen molar-refractivity contribution in [2.45, 2.75) is 45.7 Å². The summed E-state index contributed by atoms with van der Waals surface area (Å²) in [6.07, 6.45) is 4.49. The number of amides is 1. The number of thiazole rings is 1. The smallest absolute Gasteiger partial charge is 0.237 e. The van der Waals surface area contributed by atoms with Crippen molar-refractivity contribution in [3.8, 4) is 0 Å². The normalized spacial score (nSPS) is 12.4. The topological polar surface area (TPSA) is 68.0 Å². The van der Waals surface area contributed by atoms with E-state index in [-0.39, 0.29) is 5.91 Å². The van der Waals surface area contributed by atoms with Crippen LogP contribution in [0.25, 0.3) is 0 Å². The second-order valence-corrected chi connectivity index (χ2v) is 4.89. The first kappa shape index (κ1) is 13.1. The Morgan fingerprint density at radius 2 is 2.38 bits per heavy atom. The standard InChI is InChI=1S/C11H19N3OS/c1-3-5-9(12)11(15)14-7-10-13-6-8(4-2)16-10/h6,9H,3-5,7,12H2,1-2H3,(H,14,15). The lowest BCUT2D eigenvalue weighted by atomic mass is 10.2. The Morgan fingerprint density at radius 3 is 2.94 bits per heavy atom. The number of rotatable bonds is 6. The summed E-state index contributed by atoms with van der Waals surface area (Å²) in [4.78, 5) is 17.0. The Kier molecular flexibility index (Phi) is 5.42. The quantitative estimate of drug-likeness (QED) is 0.792. The third-order valence-electron chi connectivity index (χ3n) is 2.30. The average Bonchev–Trinajstić information content (AvgIpc) is 2.74. The van der Waals surface area contributed by atoms with E-state index >= 15 is 0 Å². The molecule has 16 heavy (non-hydrogen) atoms. The fraction of sp³-hybridized carbons (Fsp3) is 0.636. The number of nitrogens with one attached hydrogen (secondary N) is 1. The van der Waals surface area contributed by atoms with Crippen LogP contribution < -0.4 is 11.1 Å². The molecular formula is C11H19N3OS. The molecule has 4 nitrogen and oxygen atoms in total. The minimum atomic E-state index is -0.393. The van der Waals surface area contributed by atoms with Gasteiger partial charge in [-0.3, -0.25) is 4.79 Å². The molecule has 1 aromatic rings. The molecule has 1 rings (SSSR count). The van der Waals surface area contributed by atoms with Gasteiger partial charge in [0.25, 0.3) is 0 Å². The minimum absolute atomic E-state index is 0.0879. The third-order valence-corrected chi connectivity index (χ3v) is 3.44. The zero-order chi connectivity index (χ0) is 12.0. The van der Waals surface area contributed by atoms with Gasteiger partial charge in [0, 0.05) is 11.1 Å². The molecule has 0 fully saturated rings. The largest absolute Gasteiger partial charge is 0.348 e. The maximum Gasteiger partial charge on any atom is 0.237 e. The Morgan fingerprint density at radius 1 is 1.62 bits per heavy atom. The van der Waals surface area contributed by atoms with Crippen LogP contribution in [0.3, 0.4) is 0 Å². The van der Waals surface area contributed by atoms with Crippen LogP contribution in [-0.4, -0.2) is 16.9 Å². The van der Waals surface area contributed by atoms with Crippen molar-refractivity contribution in [3.63, 3.8) is 0 Å². The maximum atomic E-state index is 11.5. The van der Waals surface area contributed by atoms with Gasteiger partial charge in [-0.1, -0.05) is 20.3 Å². The number of hydrogen-bond acceptors (Lipinski definition) is 4. The molecule has 0 radical (unpaired) electrons. The van der Waals surface area contributed by atoms with Crippen LogP contribution >= 0.6 is 11.3 Å². The molecule has 1 atom stereocenters. The lowest BCUT2D eigenvalue weighted by molar-refractivity contribution is -0.122. The van der Waals surface area contributed by atoms with Gasteiger partial charge in [-0.15, -0.1) is 11.3 Å². The van der Waals surface area contributed by atoms with Crippen LogP contribution in [0.5, 0.6) is 0 Å². The van der Waals surface area contributed by atoms with Gasteiger partial charge in [-0.2, -0.15) is 0 Å². The highest BCUT2D eigenvalue weighted by Gasteiger charge is 2.12. The Balaban J connectivity index is 2.36. The number of carbonyl (C=O) groups is 1. The highest BCUT2D eigenvalue weighted by atomic mass is 32.1. The van der Waals surface area contributed by atoms with E-state index in [1.54, 1.807) is 11.3 Å². The minimum Gasteiger partial charge on any atom is -0.348 e. The highest BCUT2D eigenvalue weighted by molar-refractivity contribution is 7.11. The summed E-state index contributed by atoms with van der Waals surface area (Å²) in [5, 5.41) is 3.74. The number of hydrogen-bond donors (Lipinski definition) is 2. The molecule has 0 saturated heterocycles. The average molecular weight is 241 g/mol. The van der Waals surface area contributed by atoms with E-state index in [0.29, 0.717) is 6.54 Å². The van der Waals surface area contributed by atoms with E-state index in [1.165, 1.54) is 4.88 Å². The molecule has 5 heteroatoms. The molecule has 0 aliphatic heterocycles. The molecule has 0 saturated carbocycles. The monoisotopic (exact) mass is 241 g/mol. The highest BCUT2D eigenvalue weighted by Crippen LogP contribution is 2.12. The van der Waals surface area contributed by atoms with Crippen molar-refractivity contribution in [3.05, 3.63) is 16.1 Å². The zero-order valence-electron chi connectivity index (χ0n) is 9.82. The van der Waals surface area contributed by atoms with Crippen LogP contribution in [0.4, 0.5) is 0 Å². The summed E-state index contributed by atoms with van der Waals surface area (Å²) >= 11 is 1.63. The summed E-state index contributed by atoms with van der Waals surface area (Å²) in [5.74, 6) is -0.0879. The van der Waals surface area contributed by atoms with Crippen LogP contribution in [0.15, 0.2) is 6.20 Å². The van der Waals surface area contributed by atoms with E-state index < -0.39 is 6.04 Å². The van der Waals surface area contributed by atoms with Crippen LogP contribution in [0.2, 0.25) is 0 Å². The summed E-state index contributed by atoms with van der Waals surface area (Å²) in [6.45, 7) is 4.59. The summed E-state index contributed by atoms with van der Waals surface area (Å²) in [7, 11) is 0. The number of aryl methyl sites for hydroxylation is 1. The van der Waals surface area contributed by atoms with Crippen LogP contribution in [-0.2, 0) is 17.8 Å².